The quantitative estimate of drug-likeness (QED) is 0.628. The van der Waals surface area contributed by atoms with Gasteiger partial charge < -0.3 is 9.47 Å². The molecule has 2 aromatic carbocycles. The average Bonchev–Trinajstić information content (AvgIpc) is 2.96. The van der Waals surface area contributed by atoms with Crippen molar-refractivity contribution < 1.29 is 18.7 Å². The van der Waals surface area contributed by atoms with Gasteiger partial charge in [0, 0.05) is 11.1 Å². The van der Waals surface area contributed by atoms with E-state index in [0.717, 1.165) is 16.9 Å². The molecule has 0 radical (unpaired) electrons. The number of hydrogen-bond donors (Lipinski definition) is 0. The maximum absolute atomic E-state index is 13.0. The van der Waals surface area contributed by atoms with Gasteiger partial charge in [-0.1, -0.05) is 18.2 Å². The van der Waals surface area contributed by atoms with E-state index in [0.29, 0.717) is 12.2 Å². The number of rotatable bonds is 2. The minimum absolute atomic E-state index is 0.170. The van der Waals surface area contributed by atoms with E-state index < -0.39 is 5.97 Å². The summed E-state index contributed by atoms with van der Waals surface area (Å²) in [7, 11) is 0. The number of hydrogen-bond acceptors (Lipinski definition) is 4. The van der Waals surface area contributed by atoms with E-state index in [1.165, 1.54) is 24.3 Å². The van der Waals surface area contributed by atoms with Crippen molar-refractivity contribution in [1.29, 1.82) is 0 Å². The van der Waals surface area contributed by atoms with Crippen LogP contribution in [0.15, 0.2) is 70.9 Å². The summed E-state index contributed by atoms with van der Waals surface area (Å²) in [6, 6.07) is 13.3. The molecule has 4 nitrogen and oxygen atoms in total. The number of carbonyl (C=O) groups excluding carboxylic acids is 1. The lowest BCUT2D eigenvalue weighted by molar-refractivity contribution is -0.130. The van der Waals surface area contributed by atoms with Crippen molar-refractivity contribution in [2.75, 3.05) is 6.61 Å². The second kappa shape index (κ2) is 5.77. The largest absolute Gasteiger partial charge is 0.488 e. The number of benzene rings is 2. The van der Waals surface area contributed by atoms with Gasteiger partial charge in [-0.05, 0) is 48.1 Å². The zero-order chi connectivity index (χ0) is 16.5. The predicted molar refractivity (Wildman–Crippen MR) is 87.0 cm³/mol. The summed E-state index contributed by atoms with van der Waals surface area (Å²) in [6.45, 7) is 0.356. The molecule has 2 aromatic rings. The van der Waals surface area contributed by atoms with Crippen molar-refractivity contribution in [3.63, 3.8) is 0 Å². The van der Waals surface area contributed by atoms with Crippen LogP contribution >= 0.6 is 0 Å². The first-order valence-corrected chi connectivity index (χ1v) is 7.40. The van der Waals surface area contributed by atoms with E-state index >= 15 is 0 Å². The first-order chi connectivity index (χ1) is 11.7. The lowest BCUT2D eigenvalue weighted by Gasteiger charge is -2.15. The molecule has 0 N–H and O–H groups in total. The van der Waals surface area contributed by atoms with E-state index in [2.05, 4.69) is 4.99 Å². The highest BCUT2D eigenvalue weighted by Crippen LogP contribution is 2.27. The number of nitrogens with zero attached hydrogens (tertiary/aromatic N) is 1. The molecule has 0 spiro atoms. The van der Waals surface area contributed by atoms with Crippen LogP contribution in [0.25, 0.3) is 6.08 Å². The Kier molecular flexibility index (Phi) is 3.46. The second-order valence-electron chi connectivity index (χ2n) is 5.39. The molecule has 2 heterocycles. The predicted octanol–water partition coefficient (Wildman–Crippen LogP) is 3.49. The molecule has 118 valence electrons. The highest BCUT2D eigenvalue weighted by Gasteiger charge is 2.25. The molecule has 0 aromatic heterocycles. The first kappa shape index (κ1) is 14.4. The van der Waals surface area contributed by atoms with Crippen molar-refractivity contribution in [1.82, 2.24) is 0 Å². The van der Waals surface area contributed by atoms with Gasteiger partial charge in [-0.3, -0.25) is 0 Å². The first-order valence-electron chi connectivity index (χ1n) is 7.40. The van der Waals surface area contributed by atoms with E-state index in [-0.39, 0.29) is 17.4 Å². The van der Waals surface area contributed by atoms with Gasteiger partial charge in [0.05, 0.1) is 0 Å². The monoisotopic (exact) mass is 321 g/mol. The zero-order valence-corrected chi connectivity index (χ0v) is 12.5. The zero-order valence-electron chi connectivity index (χ0n) is 12.5. The molecule has 0 atom stereocenters. The van der Waals surface area contributed by atoms with Crippen molar-refractivity contribution in [3.8, 4) is 5.75 Å². The molecular formula is C19H12FNO3. The summed E-state index contributed by atoms with van der Waals surface area (Å²) in [5, 5.41) is 0. The fourth-order valence-electron chi connectivity index (χ4n) is 2.52. The third-order valence-corrected chi connectivity index (χ3v) is 3.69. The van der Waals surface area contributed by atoms with Gasteiger partial charge in [0.15, 0.2) is 5.70 Å². The van der Waals surface area contributed by atoms with E-state index in [1.807, 2.05) is 30.3 Å². The second-order valence-corrected chi connectivity index (χ2v) is 5.39. The Balaban J connectivity index is 1.64. The van der Waals surface area contributed by atoms with Gasteiger partial charge in [0.1, 0.15) is 18.2 Å². The molecule has 0 aliphatic carbocycles. The fourth-order valence-corrected chi connectivity index (χ4v) is 2.52. The van der Waals surface area contributed by atoms with Gasteiger partial charge in [0.25, 0.3) is 0 Å². The summed E-state index contributed by atoms with van der Waals surface area (Å²) < 4.78 is 23.8. The molecule has 0 saturated carbocycles. The summed E-state index contributed by atoms with van der Waals surface area (Å²) in [6.07, 6.45) is 3.60. The van der Waals surface area contributed by atoms with Crippen LogP contribution in [0.4, 0.5) is 4.39 Å². The number of ether oxygens (including phenoxy) is 2. The minimum Gasteiger partial charge on any atom is -0.488 e. The summed E-state index contributed by atoms with van der Waals surface area (Å²) in [5.41, 5.74) is 2.52. The number of aliphatic imine (C=N–C) groups is 1. The Morgan fingerprint density at radius 2 is 1.88 bits per heavy atom. The Morgan fingerprint density at radius 3 is 2.71 bits per heavy atom. The molecule has 24 heavy (non-hydrogen) atoms. The van der Waals surface area contributed by atoms with Crippen LogP contribution in [0.5, 0.6) is 5.75 Å². The van der Waals surface area contributed by atoms with Gasteiger partial charge in [0.2, 0.25) is 5.90 Å². The molecule has 0 unspecified atom stereocenters. The molecule has 2 aliphatic heterocycles. The maximum Gasteiger partial charge on any atom is 0.363 e. The highest BCUT2D eigenvalue weighted by molar-refractivity contribution is 6.11. The molecule has 0 saturated heterocycles. The van der Waals surface area contributed by atoms with Crippen molar-refractivity contribution in [2.45, 2.75) is 0 Å². The Morgan fingerprint density at radius 1 is 1.08 bits per heavy atom. The lowest BCUT2D eigenvalue weighted by Crippen LogP contribution is -2.08. The van der Waals surface area contributed by atoms with Gasteiger partial charge >= 0.3 is 5.97 Å². The molecule has 0 amide bonds. The molecule has 5 heteroatoms. The number of cyclic esters (lactones) is 1. The molecule has 0 bridgehead atoms. The van der Waals surface area contributed by atoms with Crippen LogP contribution in [-0.4, -0.2) is 18.5 Å². The topological polar surface area (TPSA) is 47.9 Å². The highest BCUT2D eigenvalue weighted by atomic mass is 19.1. The third-order valence-electron chi connectivity index (χ3n) is 3.69. The number of fused-ring (bicyclic) bond motifs is 1. The van der Waals surface area contributed by atoms with Crippen LogP contribution < -0.4 is 4.74 Å². The van der Waals surface area contributed by atoms with Crippen molar-refractivity contribution in [2.24, 2.45) is 4.99 Å². The van der Waals surface area contributed by atoms with Crippen molar-refractivity contribution in [3.05, 3.63) is 82.8 Å². The smallest absolute Gasteiger partial charge is 0.363 e. The summed E-state index contributed by atoms with van der Waals surface area (Å²) >= 11 is 0. The Hall–Kier alpha value is -3.21. The van der Waals surface area contributed by atoms with E-state index in [9.17, 15) is 9.18 Å². The number of halogens is 1. The van der Waals surface area contributed by atoms with Crippen LogP contribution in [0, 0.1) is 5.82 Å². The van der Waals surface area contributed by atoms with E-state index in [1.54, 1.807) is 6.08 Å². The average molecular weight is 321 g/mol. The van der Waals surface area contributed by atoms with Crippen LogP contribution in [0.1, 0.15) is 11.1 Å². The van der Waals surface area contributed by atoms with E-state index in [4.69, 9.17) is 9.47 Å². The fraction of sp³-hybridized carbons (Fsp3) is 0.0526. The normalized spacial score (nSPS) is 17.7. The van der Waals surface area contributed by atoms with Crippen molar-refractivity contribution >= 4 is 17.9 Å². The Labute approximate surface area is 137 Å². The summed E-state index contributed by atoms with van der Waals surface area (Å²) in [4.78, 5) is 16.2. The van der Waals surface area contributed by atoms with Gasteiger partial charge in [-0.25, -0.2) is 14.2 Å². The third kappa shape index (κ3) is 2.72. The standard InChI is InChI=1S/C19H12FNO3/c20-15-7-5-13(6-8-15)18-21-16(19(22)24-18)10-12-9-14-3-1-2-4-17(14)23-11-12/h1-10H,11H2/b16-10+. The van der Waals surface area contributed by atoms with Gasteiger partial charge in [-0.2, -0.15) is 0 Å². The van der Waals surface area contributed by atoms with Crippen LogP contribution in [-0.2, 0) is 9.53 Å². The maximum atomic E-state index is 13.0. The minimum atomic E-state index is -0.533. The van der Waals surface area contributed by atoms with Gasteiger partial charge in [-0.15, -0.1) is 0 Å². The molecule has 0 fully saturated rings. The van der Waals surface area contributed by atoms with Crippen LogP contribution in [0.3, 0.4) is 0 Å². The molecule has 2 aliphatic rings. The molecular weight excluding hydrogens is 309 g/mol. The number of esters is 1. The Bertz CT molecular complexity index is 910. The number of para-hydroxylation sites is 1. The summed E-state index contributed by atoms with van der Waals surface area (Å²) in [5.74, 6) is 0.0878. The lowest BCUT2D eigenvalue weighted by atomic mass is 10.1. The van der Waals surface area contributed by atoms with Crippen LogP contribution in [0.2, 0.25) is 0 Å². The number of carbonyl (C=O) groups is 1. The SMILES string of the molecule is O=C1OC(c2ccc(F)cc2)=N/C1=C/C1=Cc2ccccc2OC1. The molecule has 4 rings (SSSR count).